The molecular formula is C13H17N3O2S2. The normalized spacial score (nSPS) is 13.1. The quantitative estimate of drug-likeness (QED) is 0.562. The Morgan fingerprint density at radius 2 is 2.05 bits per heavy atom. The minimum atomic E-state index is -3.59. The third-order valence-electron chi connectivity index (χ3n) is 2.81. The molecule has 1 unspecified atom stereocenters. The van der Waals surface area contributed by atoms with Crippen LogP contribution in [-0.4, -0.2) is 14.5 Å². The Morgan fingerprint density at radius 1 is 1.30 bits per heavy atom. The highest BCUT2D eigenvalue weighted by Gasteiger charge is 2.20. The number of hydrazine groups is 1. The van der Waals surface area contributed by atoms with Crippen LogP contribution in [0.15, 0.2) is 46.0 Å². The van der Waals surface area contributed by atoms with Crippen molar-refractivity contribution in [3.05, 3.63) is 46.7 Å². The second-order valence-electron chi connectivity index (χ2n) is 4.50. The van der Waals surface area contributed by atoms with Crippen molar-refractivity contribution in [3.63, 3.8) is 0 Å². The van der Waals surface area contributed by atoms with E-state index in [-0.39, 0.29) is 10.9 Å². The first kappa shape index (κ1) is 15.0. The van der Waals surface area contributed by atoms with Crippen LogP contribution in [0, 0.1) is 0 Å². The van der Waals surface area contributed by atoms with Gasteiger partial charge in [-0.25, -0.2) is 13.1 Å². The van der Waals surface area contributed by atoms with Crippen molar-refractivity contribution in [2.24, 2.45) is 5.84 Å². The minimum Gasteiger partial charge on any atom is -0.323 e. The van der Waals surface area contributed by atoms with Crippen molar-refractivity contribution >= 4 is 27.0 Å². The van der Waals surface area contributed by atoms with Gasteiger partial charge in [-0.3, -0.25) is 5.84 Å². The van der Waals surface area contributed by atoms with Gasteiger partial charge in [0.25, 0.3) is 0 Å². The van der Waals surface area contributed by atoms with Gasteiger partial charge in [0, 0.05) is 6.04 Å². The number of para-hydroxylation sites is 1. The molecule has 4 N–H and O–H groups in total. The van der Waals surface area contributed by atoms with E-state index in [9.17, 15) is 8.42 Å². The van der Waals surface area contributed by atoms with Crippen molar-refractivity contribution in [3.8, 4) is 0 Å². The van der Waals surface area contributed by atoms with Crippen LogP contribution in [-0.2, 0) is 16.4 Å². The van der Waals surface area contributed by atoms with Crippen LogP contribution in [0.4, 0.5) is 5.69 Å². The zero-order valence-corrected chi connectivity index (χ0v) is 12.7. The fourth-order valence-corrected chi connectivity index (χ4v) is 4.05. The van der Waals surface area contributed by atoms with E-state index < -0.39 is 10.0 Å². The molecule has 5 nitrogen and oxygen atoms in total. The topological polar surface area (TPSA) is 84.2 Å². The molecule has 2 rings (SSSR count). The van der Waals surface area contributed by atoms with E-state index in [1.165, 1.54) is 6.07 Å². The number of thiophene rings is 1. The molecular weight excluding hydrogens is 294 g/mol. The zero-order valence-electron chi connectivity index (χ0n) is 11.0. The van der Waals surface area contributed by atoms with Crippen molar-refractivity contribution in [1.29, 1.82) is 0 Å². The zero-order chi connectivity index (χ0) is 14.6. The Kier molecular flexibility index (Phi) is 4.77. The highest BCUT2D eigenvalue weighted by molar-refractivity contribution is 7.89. The number of benzene rings is 1. The number of hydrogen-bond donors (Lipinski definition) is 3. The van der Waals surface area contributed by atoms with Gasteiger partial charge in [0.1, 0.15) is 4.90 Å². The van der Waals surface area contributed by atoms with Crippen molar-refractivity contribution in [2.45, 2.75) is 24.3 Å². The monoisotopic (exact) mass is 311 g/mol. The molecule has 0 amide bonds. The van der Waals surface area contributed by atoms with E-state index in [1.54, 1.807) is 29.5 Å². The number of nitrogens with two attached hydrogens (primary N) is 1. The van der Waals surface area contributed by atoms with Crippen molar-refractivity contribution < 1.29 is 8.42 Å². The van der Waals surface area contributed by atoms with Crippen LogP contribution in [0.3, 0.4) is 0 Å². The number of rotatable bonds is 6. The molecule has 1 heterocycles. The van der Waals surface area contributed by atoms with Crippen LogP contribution < -0.4 is 16.0 Å². The smallest absolute Gasteiger partial charge is 0.242 e. The highest BCUT2D eigenvalue weighted by atomic mass is 32.2. The van der Waals surface area contributed by atoms with Gasteiger partial charge >= 0.3 is 0 Å². The lowest BCUT2D eigenvalue weighted by Gasteiger charge is -2.15. The number of sulfonamides is 1. The molecule has 0 fully saturated rings. The maximum Gasteiger partial charge on any atom is 0.242 e. The molecule has 0 bridgehead atoms. The number of anilines is 1. The molecule has 0 aliphatic heterocycles. The van der Waals surface area contributed by atoms with Crippen molar-refractivity contribution in [2.75, 3.05) is 5.43 Å². The summed E-state index contributed by atoms with van der Waals surface area (Å²) in [7, 11) is -3.59. The van der Waals surface area contributed by atoms with Gasteiger partial charge in [0.05, 0.1) is 5.69 Å². The molecule has 7 heteroatoms. The standard InChI is InChI=1S/C13H17N3O2S2/c1-10(8-11-6-7-19-9-11)16-20(17,18)13-5-3-2-4-12(13)15-14/h2-7,9-10,15-16H,8,14H2,1H3. The Morgan fingerprint density at radius 3 is 2.70 bits per heavy atom. The summed E-state index contributed by atoms with van der Waals surface area (Å²) in [6, 6.07) is 8.33. The molecule has 0 aliphatic carbocycles. The van der Waals surface area contributed by atoms with Gasteiger partial charge in [0.2, 0.25) is 10.0 Å². The summed E-state index contributed by atoms with van der Waals surface area (Å²) >= 11 is 1.60. The Balaban J connectivity index is 2.14. The maximum absolute atomic E-state index is 12.3. The molecule has 1 aromatic heterocycles. The van der Waals surface area contributed by atoms with Gasteiger partial charge < -0.3 is 5.43 Å². The van der Waals surface area contributed by atoms with Gasteiger partial charge in [0.15, 0.2) is 0 Å². The van der Waals surface area contributed by atoms with Gasteiger partial charge in [-0.15, -0.1) is 0 Å². The first-order chi connectivity index (χ1) is 9.53. The molecule has 108 valence electrons. The second-order valence-corrected chi connectivity index (χ2v) is 6.96. The molecule has 2 aromatic rings. The second kappa shape index (κ2) is 6.36. The van der Waals surface area contributed by atoms with E-state index in [2.05, 4.69) is 10.1 Å². The molecule has 1 atom stereocenters. The summed E-state index contributed by atoms with van der Waals surface area (Å²) in [5.41, 5.74) is 3.90. The van der Waals surface area contributed by atoms with E-state index in [0.717, 1.165) is 5.56 Å². The largest absolute Gasteiger partial charge is 0.323 e. The molecule has 0 spiro atoms. The Bertz CT molecular complexity index is 654. The summed E-state index contributed by atoms with van der Waals surface area (Å²) in [4.78, 5) is 0.152. The van der Waals surface area contributed by atoms with E-state index in [1.807, 2.05) is 23.8 Å². The average molecular weight is 311 g/mol. The summed E-state index contributed by atoms with van der Waals surface area (Å²) in [6.07, 6.45) is 0.654. The summed E-state index contributed by atoms with van der Waals surface area (Å²) in [5.74, 6) is 5.35. The molecule has 0 saturated carbocycles. The highest BCUT2D eigenvalue weighted by Crippen LogP contribution is 2.20. The molecule has 1 aromatic carbocycles. The predicted molar refractivity (Wildman–Crippen MR) is 82.1 cm³/mol. The number of nitrogen functional groups attached to an aromatic ring is 1. The minimum absolute atomic E-state index is 0.152. The molecule has 0 aliphatic rings. The lowest BCUT2D eigenvalue weighted by atomic mass is 10.1. The molecule has 0 radical (unpaired) electrons. The van der Waals surface area contributed by atoms with Crippen LogP contribution >= 0.6 is 11.3 Å². The summed E-state index contributed by atoms with van der Waals surface area (Å²) in [6.45, 7) is 1.84. The summed E-state index contributed by atoms with van der Waals surface area (Å²) in [5, 5.41) is 3.99. The van der Waals surface area contributed by atoms with E-state index in [4.69, 9.17) is 5.84 Å². The van der Waals surface area contributed by atoms with Crippen molar-refractivity contribution in [1.82, 2.24) is 4.72 Å². The van der Waals surface area contributed by atoms with Gasteiger partial charge in [-0.05, 0) is 47.9 Å². The first-order valence-corrected chi connectivity index (χ1v) is 8.54. The third kappa shape index (κ3) is 3.57. The Labute approximate surface area is 122 Å². The van der Waals surface area contributed by atoms with Gasteiger partial charge in [-0.1, -0.05) is 12.1 Å². The number of nitrogens with one attached hydrogen (secondary N) is 2. The van der Waals surface area contributed by atoms with Gasteiger partial charge in [-0.2, -0.15) is 11.3 Å². The predicted octanol–water partition coefficient (Wildman–Crippen LogP) is 1.94. The van der Waals surface area contributed by atoms with Crippen LogP contribution in [0.25, 0.3) is 0 Å². The first-order valence-electron chi connectivity index (χ1n) is 6.12. The lowest BCUT2D eigenvalue weighted by molar-refractivity contribution is 0.560. The fourth-order valence-electron chi connectivity index (χ4n) is 1.95. The lowest BCUT2D eigenvalue weighted by Crippen LogP contribution is -2.34. The average Bonchev–Trinajstić information content (AvgIpc) is 2.90. The molecule has 20 heavy (non-hydrogen) atoms. The third-order valence-corrected chi connectivity index (χ3v) is 5.19. The Hall–Kier alpha value is -1.41. The van der Waals surface area contributed by atoms with Crippen LogP contribution in [0.1, 0.15) is 12.5 Å². The molecule has 0 saturated heterocycles. The van der Waals surface area contributed by atoms with Crippen LogP contribution in [0.5, 0.6) is 0 Å². The van der Waals surface area contributed by atoms with Crippen LogP contribution in [0.2, 0.25) is 0 Å². The SMILES string of the molecule is CC(Cc1ccsc1)NS(=O)(=O)c1ccccc1NN. The number of hydrogen-bond acceptors (Lipinski definition) is 5. The van der Waals surface area contributed by atoms with E-state index >= 15 is 0 Å². The fraction of sp³-hybridized carbons (Fsp3) is 0.231. The van der Waals surface area contributed by atoms with E-state index in [0.29, 0.717) is 12.1 Å². The maximum atomic E-state index is 12.3. The summed E-state index contributed by atoms with van der Waals surface area (Å²) < 4.78 is 27.4.